The highest BCUT2D eigenvalue weighted by Gasteiger charge is 2.41. The van der Waals surface area contributed by atoms with E-state index in [4.69, 9.17) is 14.7 Å². The van der Waals surface area contributed by atoms with E-state index in [1.807, 2.05) is 6.92 Å². The van der Waals surface area contributed by atoms with E-state index in [9.17, 15) is 4.79 Å². The van der Waals surface area contributed by atoms with Crippen LogP contribution in [-0.2, 0) is 9.53 Å². The van der Waals surface area contributed by atoms with Gasteiger partial charge in [0.15, 0.2) is 0 Å². The van der Waals surface area contributed by atoms with E-state index >= 15 is 0 Å². The van der Waals surface area contributed by atoms with Crippen LogP contribution in [0.1, 0.15) is 65.8 Å². The van der Waals surface area contributed by atoms with Gasteiger partial charge in [0.25, 0.3) is 0 Å². The number of nitrogens with zero attached hydrogens (tertiary/aromatic N) is 5. The highest BCUT2D eigenvalue weighted by atomic mass is 16.5. The lowest BCUT2D eigenvalue weighted by molar-refractivity contribution is -0.125. The van der Waals surface area contributed by atoms with Gasteiger partial charge in [-0.1, -0.05) is 0 Å². The van der Waals surface area contributed by atoms with Crippen LogP contribution >= 0.6 is 0 Å². The number of fused-ring (bicyclic) bond motifs is 2. The molecule has 1 N–H and O–H groups in total. The molecule has 0 spiro atoms. The molecule has 1 aromatic heterocycles. The molecule has 3 aliphatic heterocycles. The summed E-state index contributed by atoms with van der Waals surface area (Å²) in [4.78, 5) is 28.9. The van der Waals surface area contributed by atoms with Gasteiger partial charge in [0.1, 0.15) is 6.61 Å². The van der Waals surface area contributed by atoms with Crippen molar-refractivity contribution in [3.8, 4) is 0 Å². The van der Waals surface area contributed by atoms with Gasteiger partial charge < -0.3 is 19.9 Å². The number of likely N-dealkylation sites (tertiary alicyclic amines) is 2. The number of carbonyl (C=O) groups is 1. The zero-order valence-electron chi connectivity index (χ0n) is 20.7. The summed E-state index contributed by atoms with van der Waals surface area (Å²) in [6.45, 7) is 13.4. The van der Waals surface area contributed by atoms with Crippen molar-refractivity contribution in [3.63, 3.8) is 0 Å². The summed E-state index contributed by atoms with van der Waals surface area (Å²) < 4.78 is 5.13. The van der Waals surface area contributed by atoms with Crippen LogP contribution in [0.2, 0.25) is 0 Å². The van der Waals surface area contributed by atoms with Gasteiger partial charge >= 0.3 is 0 Å². The number of piperazine rings is 1. The first-order valence-corrected chi connectivity index (χ1v) is 13.0. The number of amides is 1. The molecule has 1 aromatic rings. The molecule has 33 heavy (non-hydrogen) atoms. The van der Waals surface area contributed by atoms with Crippen molar-refractivity contribution in [2.24, 2.45) is 0 Å². The molecule has 4 heterocycles. The Morgan fingerprint density at radius 3 is 2.42 bits per heavy atom. The number of piperidine rings is 1. The third-order valence-corrected chi connectivity index (χ3v) is 7.60. The van der Waals surface area contributed by atoms with Gasteiger partial charge in [0.2, 0.25) is 11.9 Å². The highest BCUT2D eigenvalue weighted by Crippen LogP contribution is 2.34. The Kier molecular flexibility index (Phi) is 8.55. The summed E-state index contributed by atoms with van der Waals surface area (Å²) in [6, 6.07) is 1.73. The molecule has 4 rings (SSSR count). The second kappa shape index (κ2) is 11.6. The Balaban J connectivity index is 0.00000324. The summed E-state index contributed by atoms with van der Waals surface area (Å²) in [6.07, 6.45) is 9.97. The summed E-state index contributed by atoms with van der Waals surface area (Å²) in [5, 5.41) is 2.93. The summed E-state index contributed by atoms with van der Waals surface area (Å²) >= 11 is 0. The zero-order chi connectivity index (χ0) is 23.2. The molecule has 0 radical (unpaired) electrons. The smallest absolute Gasteiger partial charge is 0.245 e. The van der Waals surface area contributed by atoms with E-state index in [0.717, 1.165) is 57.9 Å². The van der Waals surface area contributed by atoms with E-state index in [1.165, 1.54) is 18.4 Å². The van der Waals surface area contributed by atoms with Crippen molar-refractivity contribution in [3.05, 3.63) is 18.0 Å². The number of hydrogen-bond acceptors (Lipinski definition) is 7. The van der Waals surface area contributed by atoms with Crippen molar-refractivity contribution < 1.29 is 11.0 Å². The summed E-state index contributed by atoms with van der Waals surface area (Å²) in [5.74, 6) is 1.46. The maximum Gasteiger partial charge on any atom is 0.245 e. The van der Waals surface area contributed by atoms with Gasteiger partial charge in [-0.3, -0.25) is 9.69 Å². The van der Waals surface area contributed by atoms with Crippen molar-refractivity contribution >= 4 is 11.9 Å². The fourth-order valence-corrected chi connectivity index (χ4v) is 5.63. The Morgan fingerprint density at radius 2 is 1.82 bits per heavy atom. The fourth-order valence-electron chi connectivity index (χ4n) is 5.63. The van der Waals surface area contributed by atoms with Gasteiger partial charge in [-0.15, -0.1) is 0 Å². The van der Waals surface area contributed by atoms with Gasteiger partial charge in [0, 0.05) is 58.2 Å². The quantitative estimate of drug-likeness (QED) is 0.538. The van der Waals surface area contributed by atoms with Crippen LogP contribution in [0, 0.1) is 0 Å². The highest BCUT2D eigenvalue weighted by molar-refractivity contribution is 5.77. The number of nitrogens with one attached hydrogen (secondary N) is 1. The zero-order valence-corrected chi connectivity index (χ0v) is 20.7. The average molecular weight is 461 g/mol. The second-order valence-electron chi connectivity index (χ2n) is 10.1. The number of carbonyl (C=O) groups excluding carboxylic acids is 1. The molecule has 8 heteroatoms. The Hall–Kier alpha value is -1.77. The number of anilines is 1. The maximum atomic E-state index is 11.6. The molecule has 2 unspecified atom stereocenters. The monoisotopic (exact) mass is 460 g/mol. The van der Waals surface area contributed by atoms with Gasteiger partial charge in [-0.25, -0.2) is 9.97 Å². The molecular weight excluding hydrogens is 416 g/mol. The number of hydrogen-bond donors (Lipinski definition) is 1. The van der Waals surface area contributed by atoms with Gasteiger partial charge in [-0.05, 0) is 84.0 Å². The van der Waals surface area contributed by atoms with Crippen molar-refractivity contribution in [1.82, 2.24) is 25.1 Å². The van der Waals surface area contributed by atoms with Crippen LogP contribution in [0.25, 0.3) is 0 Å². The first kappa shape index (κ1) is 24.4. The number of rotatable bonds is 10. The van der Waals surface area contributed by atoms with E-state index in [1.54, 1.807) is 0 Å². The third kappa shape index (κ3) is 6.22. The molecule has 186 valence electrons. The Bertz CT molecular complexity index is 742. The minimum atomic E-state index is -0.0196. The topological polar surface area (TPSA) is 73.8 Å². The lowest BCUT2D eigenvalue weighted by Gasteiger charge is -2.42. The predicted octanol–water partition coefficient (Wildman–Crippen LogP) is 2.51. The van der Waals surface area contributed by atoms with Gasteiger partial charge in [-0.2, -0.15) is 0 Å². The molecule has 3 aliphatic rings. The molecular formula is C25H44N6O2. The first-order chi connectivity index (χ1) is 16.0. The minimum absolute atomic E-state index is 0. The Labute approximate surface area is 200 Å². The third-order valence-electron chi connectivity index (χ3n) is 7.60. The summed E-state index contributed by atoms with van der Waals surface area (Å²) in [7, 11) is 0. The molecule has 2 atom stereocenters. The normalized spacial score (nSPS) is 24.5. The molecule has 0 aromatic carbocycles. The van der Waals surface area contributed by atoms with Gasteiger partial charge in [0.05, 0.1) is 0 Å². The van der Waals surface area contributed by atoms with Crippen LogP contribution < -0.4 is 10.2 Å². The fraction of sp³-hybridized carbons (Fsp3) is 0.800. The first-order valence-electron chi connectivity index (χ1n) is 13.0. The molecule has 8 nitrogen and oxygen atoms in total. The SMILES string of the molecule is CCOCC(=O)NCCCN1CCC(c2cnc(N3C4CCC3CN(C(C)C)C4)nc2)CC1.[HH]. The average Bonchev–Trinajstić information content (AvgIpc) is 3.09. The molecule has 3 saturated heterocycles. The van der Waals surface area contributed by atoms with Crippen molar-refractivity contribution in [2.75, 3.05) is 57.4 Å². The second-order valence-corrected chi connectivity index (χ2v) is 10.1. The minimum Gasteiger partial charge on any atom is -0.372 e. The van der Waals surface area contributed by atoms with Crippen LogP contribution in [0.3, 0.4) is 0 Å². The summed E-state index contributed by atoms with van der Waals surface area (Å²) in [5.41, 5.74) is 1.29. The van der Waals surface area contributed by atoms with Crippen molar-refractivity contribution in [2.45, 2.75) is 76.9 Å². The largest absolute Gasteiger partial charge is 0.372 e. The Morgan fingerprint density at radius 1 is 1.15 bits per heavy atom. The van der Waals surface area contributed by atoms with Crippen LogP contribution in [-0.4, -0.2) is 96.3 Å². The van der Waals surface area contributed by atoms with E-state index in [2.05, 4.69) is 46.3 Å². The van der Waals surface area contributed by atoms with E-state index < -0.39 is 0 Å². The molecule has 0 aliphatic carbocycles. The van der Waals surface area contributed by atoms with E-state index in [-0.39, 0.29) is 13.9 Å². The predicted molar refractivity (Wildman–Crippen MR) is 133 cm³/mol. The van der Waals surface area contributed by atoms with Crippen LogP contribution in [0.4, 0.5) is 5.95 Å². The lowest BCUT2D eigenvalue weighted by Crippen LogP contribution is -2.56. The molecule has 3 fully saturated rings. The number of ether oxygens (including phenoxy) is 1. The lowest BCUT2D eigenvalue weighted by atomic mass is 9.91. The number of aromatic nitrogens is 2. The molecule has 0 saturated carbocycles. The molecule has 2 bridgehead atoms. The van der Waals surface area contributed by atoms with E-state index in [0.29, 0.717) is 37.2 Å². The van der Waals surface area contributed by atoms with Crippen molar-refractivity contribution in [1.29, 1.82) is 0 Å². The van der Waals surface area contributed by atoms with Crippen LogP contribution in [0.15, 0.2) is 12.4 Å². The van der Waals surface area contributed by atoms with Crippen LogP contribution in [0.5, 0.6) is 0 Å². The molecule has 1 amide bonds. The maximum absolute atomic E-state index is 11.6. The standard InChI is InChI=1S/C25H42N6O2.H2/c1-4-33-18-24(32)26-10-5-11-29-12-8-20(9-13-29)21-14-27-25(28-15-21)31-22-6-7-23(31)17-30(16-22)19(2)3;/h14-15,19-20,22-23H,4-13,16-18H2,1-3H3,(H,26,32);1H.